The Balaban J connectivity index is 1.62. The average Bonchev–Trinajstić information content (AvgIpc) is 2.94. The molecule has 0 spiro atoms. The van der Waals surface area contributed by atoms with Crippen LogP contribution in [0.1, 0.15) is 35.1 Å². The van der Waals surface area contributed by atoms with E-state index in [-0.39, 0.29) is 28.4 Å². The molecule has 1 aliphatic heterocycles. The third kappa shape index (κ3) is 3.16. The van der Waals surface area contributed by atoms with Crippen molar-refractivity contribution in [3.8, 4) is 0 Å². The van der Waals surface area contributed by atoms with Crippen molar-refractivity contribution in [3.63, 3.8) is 0 Å². The van der Waals surface area contributed by atoms with E-state index in [4.69, 9.17) is 17.3 Å². The first kappa shape index (κ1) is 15.8. The molecule has 7 nitrogen and oxygen atoms in total. The van der Waals surface area contributed by atoms with E-state index in [2.05, 4.69) is 15.2 Å². The van der Waals surface area contributed by atoms with Crippen LogP contribution < -0.4 is 5.73 Å². The first-order valence-corrected chi connectivity index (χ1v) is 7.83. The normalized spacial score (nSPS) is 17.2. The van der Waals surface area contributed by atoms with E-state index in [0.717, 1.165) is 0 Å². The molecule has 1 aliphatic rings. The highest BCUT2D eigenvalue weighted by Gasteiger charge is 2.30. The molecule has 1 saturated heterocycles. The first-order chi connectivity index (χ1) is 11.1. The van der Waals surface area contributed by atoms with E-state index in [1.54, 1.807) is 11.1 Å². The predicted molar refractivity (Wildman–Crippen MR) is 85.8 cm³/mol. The van der Waals surface area contributed by atoms with E-state index < -0.39 is 6.10 Å². The number of nitrogens with two attached hydrogens (primary N) is 1. The number of aliphatic hydroxyl groups excluding tert-OH is 1. The smallest absolute Gasteiger partial charge is 0.273 e. The summed E-state index contributed by atoms with van der Waals surface area (Å²) in [6.07, 6.45) is 2.46. The van der Waals surface area contributed by atoms with Crippen LogP contribution in [0.15, 0.2) is 24.4 Å². The fraction of sp³-hybridized carbons (Fsp3) is 0.400. The maximum absolute atomic E-state index is 12.4. The number of aromatic amines is 1. The molecule has 23 heavy (non-hydrogen) atoms. The highest BCUT2D eigenvalue weighted by Crippen LogP contribution is 2.31. The van der Waals surface area contributed by atoms with Gasteiger partial charge in [-0.05, 0) is 30.9 Å². The lowest BCUT2D eigenvalue weighted by molar-refractivity contribution is 0.0444. The number of likely N-dealkylation sites (tertiary alicyclic amines) is 1. The van der Waals surface area contributed by atoms with Crippen LogP contribution in [-0.4, -0.2) is 44.2 Å². The van der Waals surface area contributed by atoms with E-state index in [9.17, 15) is 9.90 Å². The first-order valence-electron chi connectivity index (χ1n) is 7.45. The van der Waals surface area contributed by atoms with Crippen LogP contribution in [-0.2, 0) is 0 Å². The second-order valence-electron chi connectivity index (χ2n) is 5.63. The minimum Gasteiger partial charge on any atom is -0.387 e. The Hall–Kier alpha value is -2.12. The number of hydrogen-bond donors (Lipinski definition) is 3. The highest BCUT2D eigenvalue weighted by atomic mass is 35.5. The van der Waals surface area contributed by atoms with Gasteiger partial charge in [0.05, 0.1) is 11.8 Å². The summed E-state index contributed by atoms with van der Waals surface area (Å²) in [4.78, 5) is 18.3. The minimum atomic E-state index is -0.611. The highest BCUT2D eigenvalue weighted by molar-refractivity contribution is 6.35. The number of H-pyrrole nitrogens is 1. The Labute approximate surface area is 138 Å². The number of nitrogens with zero attached hydrogens (tertiary/aromatic N) is 3. The van der Waals surface area contributed by atoms with E-state index in [1.165, 1.54) is 0 Å². The third-order valence-electron chi connectivity index (χ3n) is 4.21. The van der Waals surface area contributed by atoms with Crippen molar-refractivity contribution in [3.05, 3.63) is 40.8 Å². The number of carbonyl (C=O) groups excluding carboxylic acids is 1. The summed E-state index contributed by atoms with van der Waals surface area (Å²) in [5.74, 6) is -0.0169. The number of piperidine rings is 1. The number of nitrogens with one attached hydrogen (secondary N) is 1. The van der Waals surface area contributed by atoms with Crippen LogP contribution in [0.5, 0.6) is 0 Å². The molecule has 0 unspecified atom stereocenters. The fourth-order valence-corrected chi connectivity index (χ4v) is 3.02. The zero-order valence-electron chi connectivity index (χ0n) is 12.4. The SMILES string of the molecule is Nc1n[nH]c(C(=O)N2CCC([C@@H](O)c3ccccn3)CC2)c1Cl. The Morgan fingerprint density at radius 2 is 2.17 bits per heavy atom. The number of aromatic nitrogens is 3. The topological polar surface area (TPSA) is 108 Å². The lowest BCUT2D eigenvalue weighted by atomic mass is 9.89. The van der Waals surface area contributed by atoms with Gasteiger partial charge in [-0.3, -0.25) is 14.9 Å². The zero-order chi connectivity index (χ0) is 16.4. The molecule has 122 valence electrons. The second kappa shape index (κ2) is 6.55. The zero-order valence-corrected chi connectivity index (χ0v) is 13.2. The molecular weight excluding hydrogens is 318 g/mol. The summed E-state index contributed by atoms with van der Waals surface area (Å²) >= 11 is 5.97. The standard InChI is InChI=1S/C15H18ClN5O2/c16-11-12(19-20-14(11)17)15(23)21-7-4-9(5-8-21)13(22)10-3-1-2-6-18-10/h1-3,6,9,13,22H,4-5,7-8H2,(H3,17,19,20)/t13-/m1/s1. The Morgan fingerprint density at radius 3 is 2.74 bits per heavy atom. The number of anilines is 1. The number of carbonyl (C=O) groups is 1. The van der Waals surface area contributed by atoms with Crippen LogP contribution in [0.3, 0.4) is 0 Å². The fourth-order valence-electron chi connectivity index (χ4n) is 2.85. The second-order valence-corrected chi connectivity index (χ2v) is 6.00. The Kier molecular flexibility index (Phi) is 4.49. The summed E-state index contributed by atoms with van der Waals surface area (Å²) in [7, 11) is 0. The van der Waals surface area contributed by atoms with Crippen LogP contribution in [0.2, 0.25) is 5.02 Å². The quantitative estimate of drug-likeness (QED) is 0.790. The van der Waals surface area contributed by atoms with Gasteiger partial charge in [-0.1, -0.05) is 17.7 Å². The van der Waals surface area contributed by atoms with Gasteiger partial charge in [0, 0.05) is 19.3 Å². The number of pyridine rings is 1. The molecule has 0 bridgehead atoms. The van der Waals surface area contributed by atoms with Crippen LogP contribution in [0.4, 0.5) is 5.82 Å². The molecule has 3 rings (SSSR count). The Bertz CT molecular complexity index is 682. The monoisotopic (exact) mass is 335 g/mol. The maximum atomic E-state index is 12.4. The van der Waals surface area contributed by atoms with Gasteiger partial charge in [0.1, 0.15) is 10.7 Å². The number of amides is 1. The van der Waals surface area contributed by atoms with Crippen molar-refractivity contribution >= 4 is 23.3 Å². The van der Waals surface area contributed by atoms with Crippen molar-refractivity contribution in [2.24, 2.45) is 5.92 Å². The summed E-state index contributed by atoms with van der Waals surface area (Å²) in [5.41, 5.74) is 6.43. The summed E-state index contributed by atoms with van der Waals surface area (Å²) in [5, 5.41) is 16.9. The third-order valence-corrected chi connectivity index (χ3v) is 4.59. The molecule has 0 radical (unpaired) electrons. The van der Waals surface area contributed by atoms with E-state index >= 15 is 0 Å². The Morgan fingerprint density at radius 1 is 1.43 bits per heavy atom. The van der Waals surface area contributed by atoms with Crippen molar-refractivity contribution in [1.29, 1.82) is 0 Å². The van der Waals surface area contributed by atoms with Gasteiger partial charge < -0.3 is 15.7 Å². The summed E-state index contributed by atoms with van der Waals surface area (Å²) in [6, 6.07) is 5.49. The van der Waals surface area contributed by atoms with Gasteiger partial charge >= 0.3 is 0 Å². The molecule has 2 aromatic rings. The number of rotatable bonds is 3. The molecule has 1 amide bonds. The summed E-state index contributed by atoms with van der Waals surface area (Å²) < 4.78 is 0. The molecule has 0 saturated carbocycles. The van der Waals surface area contributed by atoms with Gasteiger partial charge in [0.25, 0.3) is 5.91 Å². The van der Waals surface area contributed by atoms with Gasteiger partial charge in [-0.15, -0.1) is 0 Å². The maximum Gasteiger partial charge on any atom is 0.273 e. The molecule has 0 aromatic carbocycles. The number of aliphatic hydroxyl groups is 1. The molecule has 3 heterocycles. The molecule has 4 N–H and O–H groups in total. The van der Waals surface area contributed by atoms with Gasteiger partial charge in [-0.25, -0.2) is 0 Å². The molecule has 1 atom stereocenters. The van der Waals surface area contributed by atoms with Crippen LogP contribution in [0, 0.1) is 5.92 Å². The van der Waals surface area contributed by atoms with Crippen LogP contribution >= 0.6 is 11.6 Å². The van der Waals surface area contributed by atoms with Crippen molar-refractivity contribution in [1.82, 2.24) is 20.1 Å². The van der Waals surface area contributed by atoms with E-state index in [0.29, 0.717) is 31.6 Å². The van der Waals surface area contributed by atoms with Gasteiger partial charge in [-0.2, -0.15) is 5.10 Å². The molecular formula is C15H18ClN5O2. The number of hydrogen-bond acceptors (Lipinski definition) is 5. The van der Waals surface area contributed by atoms with Gasteiger partial charge in [0.2, 0.25) is 0 Å². The largest absolute Gasteiger partial charge is 0.387 e. The van der Waals surface area contributed by atoms with Gasteiger partial charge in [0.15, 0.2) is 5.82 Å². The number of nitrogen functional groups attached to an aromatic ring is 1. The number of halogens is 1. The van der Waals surface area contributed by atoms with Crippen molar-refractivity contribution < 1.29 is 9.90 Å². The van der Waals surface area contributed by atoms with E-state index in [1.807, 2.05) is 18.2 Å². The predicted octanol–water partition coefficient (Wildman–Crippen LogP) is 1.63. The lowest BCUT2D eigenvalue weighted by Gasteiger charge is -2.33. The molecule has 2 aromatic heterocycles. The average molecular weight is 336 g/mol. The van der Waals surface area contributed by atoms with Crippen molar-refractivity contribution in [2.45, 2.75) is 18.9 Å². The lowest BCUT2D eigenvalue weighted by Crippen LogP contribution is -2.40. The molecule has 8 heteroatoms. The van der Waals surface area contributed by atoms with Crippen molar-refractivity contribution in [2.75, 3.05) is 18.8 Å². The molecule has 0 aliphatic carbocycles. The van der Waals surface area contributed by atoms with Crippen LogP contribution in [0.25, 0.3) is 0 Å². The molecule has 1 fully saturated rings. The summed E-state index contributed by atoms with van der Waals surface area (Å²) in [6.45, 7) is 1.09. The minimum absolute atomic E-state index is 0.0799.